The van der Waals surface area contributed by atoms with E-state index in [4.69, 9.17) is 5.11 Å². The van der Waals surface area contributed by atoms with Crippen LogP contribution in [0.5, 0.6) is 0 Å². The average molecular weight is 302 g/mol. The fourth-order valence-corrected chi connectivity index (χ4v) is 2.07. The minimum absolute atomic E-state index is 0.316. The van der Waals surface area contributed by atoms with Crippen LogP contribution in [0.3, 0.4) is 0 Å². The van der Waals surface area contributed by atoms with Crippen molar-refractivity contribution in [3.05, 3.63) is 0 Å². The molecule has 0 aromatic heterocycles. The maximum atomic E-state index is 12.1. The molecule has 2 atom stereocenters. The van der Waals surface area contributed by atoms with Crippen LogP contribution in [-0.4, -0.2) is 66.8 Å². The number of likely N-dealkylation sites (tertiary alicyclic amines) is 1. The molecule has 2 amide bonds. The molecule has 0 bridgehead atoms. The van der Waals surface area contributed by atoms with Crippen molar-refractivity contribution in [2.45, 2.75) is 31.3 Å². The number of urea groups is 1. The van der Waals surface area contributed by atoms with Crippen molar-refractivity contribution in [3.8, 4) is 0 Å². The molecule has 0 aromatic carbocycles. The van der Waals surface area contributed by atoms with Crippen LogP contribution in [0.1, 0.15) is 19.3 Å². The summed E-state index contributed by atoms with van der Waals surface area (Å²) < 4.78 is 8.97. The van der Waals surface area contributed by atoms with E-state index in [1.54, 1.807) is 0 Å². The van der Waals surface area contributed by atoms with Crippen LogP contribution in [0.25, 0.3) is 0 Å². The molecular formula is C12H18N2O7. The van der Waals surface area contributed by atoms with Gasteiger partial charge in [0.1, 0.15) is 12.1 Å². The van der Waals surface area contributed by atoms with Gasteiger partial charge in [0.2, 0.25) is 0 Å². The predicted octanol–water partition coefficient (Wildman–Crippen LogP) is -0.650. The summed E-state index contributed by atoms with van der Waals surface area (Å²) in [7, 11) is 2.34. The predicted molar refractivity (Wildman–Crippen MR) is 68.3 cm³/mol. The third-order valence-electron chi connectivity index (χ3n) is 3.18. The van der Waals surface area contributed by atoms with E-state index in [1.807, 2.05) is 0 Å². The zero-order valence-corrected chi connectivity index (χ0v) is 11.8. The Bertz CT molecular complexity index is 437. The Hall–Kier alpha value is -2.32. The van der Waals surface area contributed by atoms with Crippen molar-refractivity contribution >= 4 is 23.9 Å². The van der Waals surface area contributed by atoms with Crippen LogP contribution in [-0.2, 0) is 23.9 Å². The Kier molecular flexibility index (Phi) is 5.94. The first-order valence-electron chi connectivity index (χ1n) is 6.35. The smallest absolute Gasteiger partial charge is 0.328 e. The molecule has 1 fully saturated rings. The summed E-state index contributed by atoms with van der Waals surface area (Å²) in [6, 6.07) is -2.87. The number of carbonyl (C=O) groups excluding carboxylic acids is 3. The van der Waals surface area contributed by atoms with E-state index in [9.17, 15) is 19.2 Å². The van der Waals surface area contributed by atoms with Crippen molar-refractivity contribution in [3.63, 3.8) is 0 Å². The van der Waals surface area contributed by atoms with Gasteiger partial charge in [0.25, 0.3) is 0 Å². The first-order chi connectivity index (χ1) is 9.90. The molecule has 9 heteroatoms. The molecule has 0 radical (unpaired) electrons. The lowest BCUT2D eigenvalue weighted by atomic mass is 10.2. The Morgan fingerprint density at radius 2 is 1.95 bits per heavy atom. The summed E-state index contributed by atoms with van der Waals surface area (Å²) in [5.74, 6) is -2.67. The topological polar surface area (TPSA) is 122 Å². The molecular weight excluding hydrogens is 284 g/mol. The number of hydrogen-bond donors (Lipinski definition) is 2. The summed E-state index contributed by atoms with van der Waals surface area (Å²) in [4.78, 5) is 47.0. The molecule has 0 aromatic rings. The Morgan fingerprint density at radius 1 is 1.29 bits per heavy atom. The summed E-state index contributed by atoms with van der Waals surface area (Å²) in [6.45, 7) is 0.316. The molecule has 0 spiro atoms. The van der Waals surface area contributed by atoms with E-state index in [-0.39, 0.29) is 0 Å². The number of methoxy groups -OCH3 is 2. The van der Waals surface area contributed by atoms with E-state index in [0.29, 0.717) is 19.4 Å². The molecule has 9 nitrogen and oxygen atoms in total. The van der Waals surface area contributed by atoms with E-state index in [0.717, 1.165) is 7.11 Å². The number of nitrogens with zero attached hydrogens (tertiary/aromatic N) is 1. The first-order valence-corrected chi connectivity index (χ1v) is 6.35. The number of carboxylic acid groups (broad SMARTS) is 1. The van der Waals surface area contributed by atoms with E-state index < -0.39 is 42.4 Å². The van der Waals surface area contributed by atoms with Gasteiger partial charge in [0.15, 0.2) is 0 Å². The lowest BCUT2D eigenvalue weighted by molar-refractivity contribution is -0.147. The largest absolute Gasteiger partial charge is 0.480 e. The zero-order chi connectivity index (χ0) is 16.0. The van der Waals surface area contributed by atoms with E-state index in [2.05, 4.69) is 14.8 Å². The summed E-state index contributed by atoms with van der Waals surface area (Å²) in [5.41, 5.74) is 0. The highest BCUT2D eigenvalue weighted by atomic mass is 16.5. The van der Waals surface area contributed by atoms with Crippen LogP contribution >= 0.6 is 0 Å². The third kappa shape index (κ3) is 4.33. The van der Waals surface area contributed by atoms with Crippen molar-refractivity contribution < 1.29 is 33.8 Å². The number of aliphatic carboxylic acids is 1. The van der Waals surface area contributed by atoms with Crippen molar-refractivity contribution in [1.82, 2.24) is 10.2 Å². The number of carboxylic acids is 1. The van der Waals surface area contributed by atoms with Gasteiger partial charge in [0, 0.05) is 6.54 Å². The number of ether oxygens (including phenoxy) is 2. The van der Waals surface area contributed by atoms with Gasteiger partial charge in [-0.2, -0.15) is 0 Å². The molecule has 2 N–H and O–H groups in total. The SMILES string of the molecule is COC(=O)C[C@H](NC(=O)N1CCCC1C(=O)OC)C(=O)O. The fourth-order valence-electron chi connectivity index (χ4n) is 2.07. The molecule has 1 aliphatic rings. The van der Waals surface area contributed by atoms with Gasteiger partial charge >= 0.3 is 23.9 Å². The minimum atomic E-state index is -1.41. The number of rotatable bonds is 5. The zero-order valence-electron chi connectivity index (χ0n) is 11.8. The van der Waals surface area contributed by atoms with Crippen LogP contribution in [0, 0.1) is 0 Å². The van der Waals surface area contributed by atoms with Crippen molar-refractivity contribution in [1.29, 1.82) is 0 Å². The second kappa shape index (κ2) is 7.46. The highest BCUT2D eigenvalue weighted by Gasteiger charge is 2.36. The molecule has 1 aliphatic heterocycles. The second-order valence-electron chi connectivity index (χ2n) is 4.50. The van der Waals surface area contributed by atoms with Gasteiger partial charge in [-0.1, -0.05) is 0 Å². The Morgan fingerprint density at radius 3 is 2.48 bits per heavy atom. The molecule has 118 valence electrons. The molecule has 0 aliphatic carbocycles. The number of nitrogens with one attached hydrogen (secondary N) is 1. The maximum absolute atomic E-state index is 12.1. The van der Waals surface area contributed by atoms with Gasteiger partial charge in [0.05, 0.1) is 20.6 Å². The normalized spacial score (nSPS) is 18.8. The average Bonchev–Trinajstić information content (AvgIpc) is 2.94. The highest BCUT2D eigenvalue weighted by molar-refractivity contribution is 5.89. The van der Waals surface area contributed by atoms with E-state index in [1.165, 1.54) is 12.0 Å². The standard InChI is InChI=1S/C12H18N2O7/c1-20-9(15)6-7(10(16)17)13-12(19)14-5-3-4-8(14)11(18)21-2/h7-8H,3-6H2,1-2H3,(H,13,19)(H,16,17)/t7-,8?/m0/s1. The van der Waals surface area contributed by atoms with Crippen LogP contribution < -0.4 is 5.32 Å². The second-order valence-corrected chi connectivity index (χ2v) is 4.50. The monoisotopic (exact) mass is 302 g/mol. The van der Waals surface area contributed by atoms with Crippen molar-refractivity contribution in [2.75, 3.05) is 20.8 Å². The lowest BCUT2D eigenvalue weighted by Crippen LogP contribution is -2.51. The van der Waals surface area contributed by atoms with Crippen LogP contribution in [0.15, 0.2) is 0 Å². The number of amides is 2. The van der Waals surface area contributed by atoms with Crippen LogP contribution in [0.2, 0.25) is 0 Å². The fraction of sp³-hybridized carbons (Fsp3) is 0.667. The van der Waals surface area contributed by atoms with Gasteiger partial charge in [-0.05, 0) is 12.8 Å². The van der Waals surface area contributed by atoms with Crippen LogP contribution in [0.4, 0.5) is 4.79 Å². The highest BCUT2D eigenvalue weighted by Crippen LogP contribution is 2.18. The maximum Gasteiger partial charge on any atom is 0.328 e. The number of esters is 2. The van der Waals surface area contributed by atoms with Gasteiger partial charge in [-0.25, -0.2) is 14.4 Å². The van der Waals surface area contributed by atoms with Gasteiger partial charge in [-0.15, -0.1) is 0 Å². The minimum Gasteiger partial charge on any atom is -0.480 e. The molecule has 1 unspecified atom stereocenters. The van der Waals surface area contributed by atoms with Gasteiger partial charge in [-0.3, -0.25) is 4.79 Å². The quantitative estimate of drug-likeness (QED) is 0.647. The summed E-state index contributed by atoms with van der Waals surface area (Å²) in [5, 5.41) is 11.2. The van der Waals surface area contributed by atoms with Crippen molar-refractivity contribution in [2.24, 2.45) is 0 Å². The Balaban J connectivity index is 2.70. The number of hydrogen-bond acceptors (Lipinski definition) is 6. The molecule has 0 saturated carbocycles. The summed E-state index contributed by atoms with van der Waals surface area (Å²) in [6.07, 6.45) is 0.574. The van der Waals surface area contributed by atoms with Gasteiger partial charge < -0.3 is 24.8 Å². The third-order valence-corrected chi connectivity index (χ3v) is 3.18. The molecule has 1 saturated heterocycles. The molecule has 1 rings (SSSR count). The molecule has 1 heterocycles. The number of carbonyl (C=O) groups is 4. The van der Waals surface area contributed by atoms with E-state index >= 15 is 0 Å². The summed E-state index contributed by atoms with van der Waals surface area (Å²) >= 11 is 0. The molecule has 21 heavy (non-hydrogen) atoms. The Labute approximate surface area is 121 Å². The first kappa shape index (κ1) is 16.7. The lowest BCUT2D eigenvalue weighted by Gasteiger charge is -2.24.